The number of nitrogen functional groups attached to an aromatic ring is 1. The van der Waals surface area contributed by atoms with E-state index in [1.165, 1.54) is 6.42 Å². The van der Waals surface area contributed by atoms with Crippen LogP contribution in [0.1, 0.15) is 25.8 Å². The normalized spacial score (nSPS) is 19.5. The van der Waals surface area contributed by atoms with Crippen LogP contribution in [0.3, 0.4) is 0 Å². The summed E-state index contributed by atoms with van der Waals surface area (Å²) in [4.78, 5) is 4.92. The highest BCUT2D eigenvalue weighted by atomic mass is 16.3. The molecule has 4 nitrogen and oxygen atoms in total. The smallest absolute Gasteiger partial charge is 0.120 e. The van der Waals surface area contributed by atoms with E-state index in [0.717, 1.165) is 38.3 Å². The number of hydrogen-bond acceptors (Lipinski definition) is 4. The minimum Gasteiger partial charge on any atom is -0.508 e. The van der Waals surface area contributed by atoms with E-state index in [2.05, 4.69) is 23.6 Å². The van der Waals surface area contributed by atoms with E-state index in [0.29, 0.717) is 17.5 Å². The average molecular weight is 263 g/mol. The lowest BCUT2D eigenvalue weighted by Crippen LogP contribution is -2.48. The summed E-state index contributed by atoms with van der Waals surface area (Å²) in [5.74, 6) is 0.346. The maximum absolute atomic E-state index is 9.85. The lowest BCUT2D eigenvalue weighted by Gasteiger charge is -2.37. The van der Waals surface area contributed by atoms with Crippen molar-refractivity contribution in [3.05, 3.63) is 23.8 Å². The van der Waals surface area contributed by atoms with Crippen LogP contribution in [-0.4, -0.2) is 47.1 Å². The van der Waals surface area contributed by atoms with Gasteiger partial charge in [0.2, 0.25) is 0 Å². The van der Waals surface area contributed by atoms with Gasteiger partial charge in [-0.15, -0.1) is 0 Å². The van der Waals surface area contributed by atoms with Crippen LogP contribution in [-0.2, 0) is 6.54 Å². The summed E-state index contributed by atoms with van der Waals surface area (Å²) in [7, 11) is 0. The third kappa shape index (κ3) is 3.61. The Kier molecular flexibility index (Phi) is 4.66. The second-order valence-corrected chi connectivity index (χ2v) is 5.46. The molecular weight excluding hydrogens is 238 g/mol. The van der Waals surface area contributed by atoms with E-state index in [1.807, 2.05) is 6.07 Å². The van der Waals surface area contributed by atoms with Gasteiger partial charge in [-0.05, 0) is 31.5 Å². The van der Waals surface area contributed by atoms with Gasteiger partial charge in [0.15, 0.2) is 0 Å². The van der Waals surface area contributed by atoms with Crippen molar-refractivity contribution in [2.45, 2.75) is 32.9 Å². The second-order valence-electron chi connectivity index (χ2n) is 5.46. The highest BCUT2D eigenvalue weighted by Crippen LogP contribution is 2.22. The van der Waals surface area contributed by atoms with Crippen LogP contribution in [0.4, 0.5) is 5.69 Å². The fourth-order valence-electron chi connectivity index (χ4n) is 2.59. The molecule has 0 spiro atoms. The molecule has 0 saturated carbocycles. The Morgan fingerprint density at radius 1 is 1.26 bits per heavy atom. The molecule has 1 saturated heterocycles. The van der Waals surface area contributed by atoms with Gasteiger partial charge in [-0.25, -0.2) is 0 Å². The van der Waals surface area contributed by atoms with Gasteiger partial charge in [0.25, 0.3) is 0 Å². The fourth-order valence-corrected chi connectivity index (χ4v) is 2.59. The quantitative estimate of drug-likeness (QED) is 0.643. The Balaban J connectivity index is 1.90. The van der Waals surface area contributed by atoms with Crippen molar-refractivity contribution in [1.29, 1.82) is 0 Å². The maximum atomic E-state index is 9.85. The molecule has 0 radical (unpaired) electrons. The first-order valence-electron chi connectivity index (χ1n) is 7.14. The van der Waals surface area contributed by atoms with Crippen molar-refractivity contribution in [2.75, 3.05) is 31.9 Å². The molecule has 0 amide bonds. The summed E-state index contributed by atoms with van der Waals surface area (Å²) in [5, 5.41) is 9.85. The molecule has 1 fully saturated rings. The number of rotatable bonds is 4. The van der Waals surface area contributed by atoms with Crippen molar-refractivity contribution < 1.29 is 5.11 Å². The van der Waals surface area contributed by atoms with E-state index in [9.17, 15) is 5.11 Å². The molecule has 0 bridgehead atoms. The van der Waals surface area contributed by atoms with Crippen molar-refractivity contribution >= 4 is 5.69 Å². The highest BCUT2D eigenvalue weighted by Gasteiger charge is 2.20. The Morgan fingerprint density at radius 3 is 2.58 bits per heavy atom. The molecule has 1 aromatic carbocycles. The van der Waals surface area contributed by atoms with Crippen LogP contribution in [0.15, 0.2) is 18.2 Å². The van der Waals surface area contributed by atoms with Gasteiger partial charge in [-0.2, -0.15) is 0 Å². The standard InChI is InChI=1S/C15H25N3O/c1-3-12(2)18-8-6-17(7-9-18)11-13-10-14(16)4-5-15(13)19/h4-5,10,12,19H,3,6-9,11,16H2,1-2H3. The number of aromatic hydroxyl groups is 1. The highest BCUT2D eigenvalue weighted by molar-refractivity contribution is 5.47. The lowest BCUT2D eigenvalue weighted by molar-refractivity contribution is 0.0959. The van der Waals surface area contributed by atoms with Crippen molar-refractivity contribution in [3.8, 4) is 5.75 Å². The molecule has 1 heterocycles. The van der Waals surface area contributed by atoms with Crippen molar-refractivity contribution in [2.24, 2.45) is 0 Å². The summed E-state index contributed by atoms with van der Waals surface area (Å²) < 4.78 is 0. The SMILES string of the molecule is CCC(C)N1CCN(Cc2cc(N)ccc2O)CC1. The summed E-state index contributed by atoms with van der Waals surface area (Å²) in [5.41, 5.74) is 7.42. The van der Waals surface area contributed by atoms with Gasteiger partial charge in [-0.1, -0.05) is 6.92 Å². The van der Waals surface area contributed by atoms with Crippen LogP contribution >= 0.6 is 0 Å². The molecule has 106 valence electrons. The van der Waals surface area contributed by atoms with Crippen molar-refractivity contribution in [1.82, 2.24) is 9.80 Å². The average Bonchev–Trinajstić information content (AvgIpc) is 2.43. The second kappa shape index (κ2) is 6.26. The van der Waals surface area contributed by atoms with Gasteiger partial charge in [0.05, 0.1) is 0 Å². The predicted molar refractivity (Wildman–Crippen MR) is 79.1 cm³/mol. The van der Waals surface area contributed by atoms with E-state index in [4.69, 9.17) is 5.73 Å². The van der Waals surface area contributed by atoms with Crippen molar-refractivity contribution in [3.63, 3.8) is 0 Å². The first-order valence-corrected chi connectivity index (χ1v) is 7.14. The van der Waals surface area contributed by atoms with Gasteiger partial charge in [-0.3, -0.25) is 9.80 Å². The monoisotopic (exact) mass is 263 g/mol. The number of phenols is 1. The van der Waals surface area contributed by atoms with E-state index in [1.54, 1.807) is 12.1 Å². The van der Waals surface area contributed by atoms with Crippen LogP contribution in [0, 0.1) is 0 Å². The van der Waals surface area contributed by atoms with Crippen LogP contribution in [0.25, 0.3) is 0 Å². The van der Waals surface area contributed by atoms with Crippen LogP contribution in [0.2, 0.25) is 0 Å². The predicted octanol–water partition coefficient (Wildman–Crippen LogP) is 1.89. The minimum atomic E-state index is 0.346. The Labute approximate surface area is 115 Å². The first kappa shape index (κ1) is 14.2. The lowest BCUT2D eigenvalue weighted by atomic mass is 10.1. The van der Waals surface area contributed by atoms with E-state index in [-0.39, 0.29) is 0 Å². The summed E-state index contributed by atoms with van der Waals surface area (Å²) in [6, 6.07) is 5.96. The molecule has 0 aromatic heterocycles. The number of nitrogens with zero attached hydrogens (tertiary/aromatic N) is 2. The Bertz CT molecular complexity index is 414. The molecule has 4 heteroatoms. The van der Waals surface area contributed by atoms with E-state index < -0.39 is 0 Å². The summed E-state index contributed by atoms with van der Waals surface area (Å²) in [6.07, 6.45) is 1.20. The zero-order valence-corrected chi connectivity index (χ0v) is 12.0. The third-order valence-corrected chi connectivity index (χ3v) is 4.12. The largest absolute Gasteiger partial charge is 0.508 e. The maximum Gasteiger partial charge on any atom is 0.120 e. The number of anilines is 1. The van der Waals surface area contributed by atoms with Gasteiger partial charge < -0.3 is 10.8 Å². The molecule has 1 aliphatic heterocycles. The van der Waals surface area contributed by atoms with E-state index >= 15 is 0 Å². The topological polar surface area (TPSA) is 52.7 Å². The minimum absolute atomic E-state index is 0.346. The number of nitrogens with two attached hydrogens (primary N) is 1. The molecule has 1 atom stereocenters. The molecule has 19 heavy (non-hydrogen) atoms. The summed E-state index contributed by atoms with van der Waals surface area (Å²) >= 11 is 0. The molecule has 0 aliphatic carbocycles. The fraction of sp³-hybridized carbons (Fsp3) is 0.600. The van der Waals surface area contributed by atoms with Gasteiger partial charge >= 0.3 is 0 Å². The molecule has 2 rings (SSSR count). The van der Waals surface area contributed by atoms with Gasteiger partial charge in [0.1, 0.15) is 5.75 Å². The van der Waals surface area contributed by atoms with Crippen LogP contribution < -0.4 is 5.73 Å². The number of benzene rings is 1. The summed E-state index contributed by atoms with van der Waals surface area (Å²) in [6.45, 7) is 9.64. The zero-order chi connectivity index (χ0) is 13.8. The first-order chi connectivity index (χ1) is 9.10. The molecule has 1 unspecified atom stereocenters. The Morgan fingerprint density at radius 2 is 1.95 bits per heavy atom. The molecule has 1 aromatic rings. The zero-order valence-electron chi connectivity index (χ0n) is 12.0. The van der Waals surface area contributed by atoms with Gasteiger partial charge in [0, 0.05) is 50.0 Å². The number of hydrogen-bond donors (Lipinski definition) is 2. The van der Waals surface area contributed by atoms with Crippen LogP contribution in [0.5, 0.6) is 5.75 Å². The third-order valence-electron chi connectivity index (χ3n) is 4.12. The molecule has 3 N–H and O–H groups in total. The number of phenolic OH excluding ortho intramolecular Hbond substituents is 1. The number of piperazine rings is 1. The molecular formula is C15H25N3O. The Hall–Kier alpha value is -1.26. The molecule has 1 aliphatic rings.